The van der Waals surface area contributed by atoms with Crippen LogP contribution in [-0.4, -0.2) is 46.1 Å². The molecule has 1 fully saturated rings. The molecule has 0 bridgehead atoms. The molecule has 1 aliphatic heterocycles. The predicted octanol–water partition coefficient (Wildman–Crippen LogP) is 2.96. The number of carboxylic acids is 1. The Hall–Kier alpha value is -1.83. The number of nitrogens with one attached hydrogen (secondary N) is 1. The summed E-state index contributed by atoms with van der Waals surface area (Å²) in [5.41, 5.74) is 2.43. The summed E-state index contributed by atoms with van der Waals surface area (Å²) >= 11 is 0. The van der Waals surface area contributed by atoms with E-state index in [-0.39, 0.29) is 18.2 Å². The maximum Gasteiger partial charge on any atom is 0.497 e. The van der Waals surface area contributed by atoms with Gasteiger partial charge in [-0.15, -0.1) is 0 Å². The number of aryl methyl sites for hydroxylation is 1. The Labute approximate surface area is 160 Å². The molecule has 146 valence electrons. The number of hydrogen-bond donors (Lipinski definition) is 3. The third-order valence-corrected chi connectivity index (χ3v) is 6.03. The van der Waals surface area contributed by atoms with Gasteiger partial charge in [-0.25, -0.2) is 4.79 Å². The van der Waals surface area contributed by atoms with Crippen LogP contribution in [0.4, 0.5) is 0 Å². The fourth-order valence-corrected chi connectivity index (χ4v) is 3.69. The fraction of sp³-hybridized carbons (Fsp3) is 0.550. The van der Waals surface area contributed by atoms with Gasteiger partial charge in [0.25, 0.3) is 0 Å². The molecule has 3 rings (SSSR count). The molecule has 0 aliphatic carbocycles. The Morgan fingerprint density at radius 1 is 1.22 bits per heavy atom. The molecule has 0 saturated carbocycles. The van der Waals surface area contributed by atoms with Crippen molar-refractivity contribution in [1.82, 2.24) is 4.98 Å². The number of H-pyrrole nitrogens is 1. The van der Waals surface area contributed by atoms with E-state index in [2.05, 4.69) is 4.98 Å². The predicted molar refractivity (Wildman–Crippen MR) is 106 cm³/mol. The van der Waals surface area contributed by atoms with Gasteiger partial charge in [0.05, 0.1) is 11.2 Å². The number of aliphatic hydroxyl groups is 1. The SMILES string of the molecule is Cc1ccc2c(C(C)CCO)c(C(=O)O)[nH]c2c1B1OC(C)(C)C(C)(C)O1. The molecular formula is C20H28BNO5. The Bertz CT molecular complexity index is 870. The van der Waals surface area contributed by atoms with Crippen LogP contribution in [0.15, 0.2) is 12.1 Å². The van der Waals surface area contributed by atoms with Gasteiger partial charge < -0.3 is 24.5 Å². The number of hydrogen-bond acceptors (Lipinski definition) is 4. The maximum absolute atomic E-state index is 11.9. The van der Waals surface area contributed by atoms with Crippen LogP contribution in [0.2, 0.25) is 0 Å². The van der Waals surface area contributed by atoms with Crippen LogP contribution in [0.25, 0.3) is 10.9 Å². The van der Waals surface area contributed by atoms with Crippen molar-refractivity contribution in [1.29, 1.82) is 0 Å². The highest BCUT2D eigenvalue weighted by molar-refractivity contribution is 6.65. The molecule has 0 radical (unpaired) electrons. The van der Waals surface area contributed by atoms with Crippen molar-refractivity contribution in [2.75, 3.05) is 6.61 Å². The first kappa shape index (κ1) is 19.9. The molecule has 0 spiro atoms. The highest BCUT2D eigenvalue weighted by Crippen LogP contribution is 2.38. The number of carboxylic acid groups (broad SMARTS) is 1. The van der Waals surface area contributed by atoms with E-state index in [9.17, 15) is 15.0 Å². The zero-order valence-electron chi connectivity index (χ0n) is 16.8. The van der Waals surface area contributed by atoms with E-state index < -0.39 is 24.3 Å². The lowest BCUT2D eigenvalue weighted by molar-refractivity contribution is 0.00578. The van der Waals surface area contributed by atoms with E-state index in [1.54, 1.807) is 0 Å². The Kier molecular flexibility index (Phi) is 4.91. The topological polar surface area (TPSA) is 91.8 Å². The first-order valence-corrected chi connectivity index (χ1v) is 9.35. The third kappa shape index (κ3) is 3.18. The summed E-state index contributed by atoms with van der Waals surface area (Å²) in [6, 6.07) is 3.91. The minimum atomic E-state index is -1.01. The smallest absolute Gasteiger partial charge is 0.477 e. The molecule has 7 heteroatoms. The highest BCUT2D eigenvalue weighted by Gasteiger charge is 2.52. The summed E-state index contributed by atoms with van der Waals surface area (Å²) in [6.07, 6.45) is 0.493. The number of rotatable bonds is 5. The number of aromatic amines is 1. The largest absolute Gasteiger partial charge is 0.497 e. The minimum Gasteiger partial charge on any atom is -0.477 e. The van der Waals surface area contributed by atoms with Gasteiger partial charge >= 0.3 is 13.1 Å². The van der Waals surface area contributed by atoms with E-state index in [1.165, 1.54) is 0 Å². The van der Waals surface area contributed by atoms with Gasteiger partial charge in [-0.3, -0.25) is 0 Å². The molecule has 6 nitrogen and oxygen atoms in total. The Balaban J connectivity index is 2.22. The summed E-state index contributed by atoms with van der Waals surface area (Å²) in [7, 11) is -0.583. The molecule has 2 aromatic rings. The maximum atomic E-state index is 11.9. The summed E-state index contributed by atoms with van der Waals surface area (Å²) < 4.78 is 12.5. The molecule has 27 heavy (non-hydrogen) atoms. The second-order valence-corrected chi connectivity index (χ2v) is 8.44. The van der Waals surface area contributed by atoms with Crippen molar-refractivity contribution in [3.63, 3.8) is 0 Å². The van der Waals surface area contributed by atoms with Gasteiger partial charge in [-0.2, -0.15) is 0 Å². The van der Waals surface area contributed by atoms with Crippen molar-refractivity contribution >= 4 is 29.5 Å². The lowest BCUT2D eigenvalue weighted by Crippen LogP contribution is -2.41. The summed E-state index contributed by atoms with van der Waals surface area (Å²) in [4.78, 5) is 15.0. The van der Waals surface area contributed by atoms with Crippen LogP contribution in [0.1, 0.15) is 68.6 Å². The summed E-state index contributed by atoms with van der Waals surface area (Å²) in [5.74, 6) is -1.10. The number of aliphatic hydroxyl groups excluding tert-OH is 1. The van der Waals surface area contributed by atoms with Crippen LogP contribution in [0, 0.1) is 6.92 Å². The lowest BCUT2D eigenvalue weighted by Gasteiger charge is -2.32. The molecule has 0 amide bonds. The van der Waals surface area contributed by atoms with Crippen molar-refractivity contribution in [3.05, 3.63) is 29.0 Å². The van der Waals surface area contributed by atoms with E-state index in [4.69, 9.17) is 9.31 Å². The van der Waals surface area contributed by atoms with Gasteiger partial charge in [0.15, 0.2) is 0 Å². The highest BCUT2D eigenvalue weighted by atomic mass is 16.7. The molecule has 1 aromatic heterocycles. The second-order valence-electron chi connectivity index (χ2n) is 8.44. The van der Waals surface area contributed by atoms with Gasteiger partial charge in [0.2, 0.25) is 0 Å². The van der Waals surface area contributed by atoms with E-state index in [0.717, 1.165) is 21.9 Å². The van der Waals surface area contributed by atoms with E-state index >= 15 is 0 Å². The van der Waals surface area contributed by atoms with Gasteiger partial charge in [-0.1, -0.05) is 19.1 Å². The van der Waals surface area contributed by atoms with Crippen molar-refractivity contribution in [2.24, 2.45) is 0 Å². The number of benzene rings is 1. The molecule has 1 atom stereocenters. The minimum absolute atomic E-state index is 0.00282. The van der Waals surface area contributed by atoms with Crippen LogP contribution in [-0.2, 0) is 9.31 Å². The van der Waals surface area contributed by atoms with Crippen LogP contribution < -0.4 is 5.46 Å². The summed E-state index contributed by atoms with van der Waals surface area (Å²) in [6.45, 7) is 11.9. The van der Waals surface area contributed by atoms with Crippen LogP contribution in [0.5, 0.6) is 0 Å². The summed E-state index contributed by atoms with van der Waals surface area (Å²) in [5, 5.41) is 19.9. The zero-order chi connectivity index (χ0) is 20.1. The van der Waals surface area contributed by atoms with Gasteiger partial charge in [-0.05, 0) is 58.1 Å². The second kappa shape index (κ2) is 6.65. The number of carbonyl (C=O) groups is 1. The Morgan fingerprint density at radius 3 is 2.33 bits per heavy atom. The first-order valence-electron chi connectivity index (χ1n) is 9.35. The van der Waals surface area contributed by atoms with Crippen LogP contribution in [0.3, 0.4) is 0 Å². The van der Waals surface area contributed by atoms with Crippen molar-refractivity contribution in [3.8, 4) is 0 Å². The third-order valence-electron chi connectivity index (χ3n) is 6.03. The normalized spacial score (nSPS) is 19.6. The average molecular weight is 373 g/mol. The quantitative estimate of drug-likeness (QED) is 0.701. The van der Waals surface area contributed by atoms with Crippen molar-refractivity contribution in [2.45, 2.75) is 65.1 Å². The average Bonchev–Trinajstić information content (AvgIpc) is 3.02. The van der Waals surface area contributed by atoms with Crippen LogP contribution >= 0.6 is 0 Å². The standard InChI is InChI=1S/C20H28BNO5/c1-11(9-10-23)14-13-8-7-12(2)15(16(13)22-17(14)18(24)25)21-26-19(3,4)20(5,6)27-21/h7-8,11,22-23H,9-10H2,1-6H3,(H,24,25). The molecule has 3 N–H and O–H groups in total. The molecule has 2 heterocycles. The number of fused-ring (bicyclic) bond motifs is 1. The molecule has 1 unspecified atom stereocenters. The number of aromatic nitrogens is 1. The zero-order valence-corrected chi connectivity index (χ0v) is 16.8. The van der Waals surface area contributed by atoms with E-state index in [0.29, 0.717) is 12.0 Å². The molecule has 1 aromatic carbocycles. The fourth-order valence-electron chi connectivity index (χ4n) is 3.69. The van der Waals surface area contributed by atoms with Gasteiger partial charge in [0.1, 0.15) is 5.69 Å². The first-order chi connectivity index (χ1) is 12.5. The van der Waals surface area contributed by atoms with E-state index in [1.807, 2.05) is 53.7 Å². The molecule has 1 aliphatic rings. The van der Waals surface area contributed by atoms with Crippen molar-refractivity contribution < 1.29 is 24.3 Å². The lowest BCUT2D eigenvalue weighted by atomic mass is 9.74. The molecular weight excluding hydrogens is 345 g/mol. The molecule has 1 saturated heterocycles. The Morgan fingerprint density at radius 2 is 1.81 bits per heavy atom. The monoisotopic (exact) mass is 373 g/mol. The van der Waals surface area contributed by atoms with Gasteiger partial charge in [0, 0.05) is 23.0 Å². The number of aromatic carboxylic acids is 1.